The van der Waals surface area contributed by atoms with Gasteiger partial charge in [0.05, 0.1) is 24.2 Å². The van der Waals surface area contributed by atoms with E-state index in [2.05, 4.69) is 54.5 Å². The molecule has 0 aliphatic heterocycles. The van der Waals surface area contributed by atoms with Gasteiger partial charge in [0.25, 0.3) is 0 Å². The quantitative estimate of drug-likeness (QED) is 0.383. The zero-order chi connectivity index (χ0) is 27.4. The molecule has 1 N–H and O–H groups in total. The highest BCUT2D eigenvalue weighted by Crippen LogP contribution is 2.75. The SMILES string of the molecule is COC(=O)C12CCC(C)(C)CC1C1C(=O)C=C3C4(C)CC(C#N)=C(O)C(C)(C)C4CCC3(C)C1(C)CC2. The highest BCUT2D eigenvalue weighted by atomic mass is 16.5. The van der Waals surface area contributed by atoms with E-state index in [1.54, 1.807) is 0 Å². The molecule has 5 nitrogen and oxygen atoms in total. The Kier molecular flexibility index (Phi) is 5.54. The van der Waals surface area contributed by atoms with E-state index in [1.165, 1.54) is 12.7 Å². The smallest absolute Gasteiger partial charge is 0.312 e. The second-order valence-electron chi connectivity index (χ2n) is 15.2. The molecular weight excluding hydrogens is 462 g/mol. The van der Waals surface area contributed by atoms with Gasteiger partial charge in [0.2, 0.25) is 0 Å². The lowest BCUT2D eigenvalue weighted by atomic mass is 9.34. The number of aliphatic hydroxyl groups excluding tert-OH is 1. The Morgan fingerprint density at radius 2 is 1.70 bits per heavy atom. The predicted molar refractivity (Wildman–Crippen MR) is 142 cm³/mol. The molecule has 5 heteroatoms. The van der Waals surface area contributed by atoms with Crippen molar-refractivity contribution in [2.75, 3.05) is 7.11 Å². The molecule has 0 aromatic heterocycles. The summed E-state index contributed by atoms with van der Waals surface area (Å²) in [5.41, 5.74) is -0.275. The normalized spacial score (nSPS) is 45.9. The number of rotatable bonds is 1. The van der Waals surface area contributed by atoms with Crippen molar-refractivity contribution in [2.24, 2.45) is 50.2 Å². The average Bonchev–Trinajstić information content (AvgIpc) is 2.82. The van der Waals surface area contributed by atoms with Crippen molar-refractivity contribution >= 4 is 11.8 Å². The molecule has 0 radical (unpaired) electrons. The number of hydrogen-bond acceptors (Lipinski definition) is 5. The van der Waals surface area contributed by atoms with Crippen LogP contribution in [0.3, 0.4) is 0 Å². The number of allylic oxidation sites excluding steroid dienone is 4. The maximum absolute atomic E-state index is 14.4. The van der Waals surface area contributed by atoms with Crippen LogP contribution in [0, 0.1) is 61.6 Å². The van der Waals surface area contributed by atoms with Crippen LogP contribution in [-0.2, 0) is 14.3 Å². The van der Waals surface area contributed by atoms with Gasteiger partial charge in [-0.2, -0.15) is 5.26 Å². The number of nitrogens with zero attached hydrogens (tertiary/aromatic N) is 1. The third-order valence-electron chi connectivity index (χ3n) is 12.7. The monoisotopic (exact) mass is 507 g/mol. The van der Waals surface area contributed by atoms with Crippen LogP contribution in [-0.4, -0.2) is 24.0 Å². The van der Waals surface area contributed by atoms with E-state index in [-0.39, 0.29) is 56.9 Å². The Morgan fingerprint density at radius 3 is 2.32 bits per heavy atom. The number of nitriles is 1. The second kappa shape index (κ2) is 7.73. The molecule has 0 aromatic carbocycles. The standard InChI is InChI=1S/C32H45NO4/c1-27(2)11-13-32(26(36)37-8)14-12-31(7)24(20(32)17-27)21(34)15-23-29(5)16-19(18-33)25(35)28(3,4)22(29)9-10-30(23,31)6/h15,20,22,24,35H,9-14,16-17H2,1-8H3. The van der Waals surface area contributed by atoms with E-state index >= 15 is 0 Å². The van der Waals surface area contributed by atoms with Gasteiger partial charge >= 0.3 is 5.97 Å². The first-order valence-electron chi connectivity index (χ1n) is 14.2. The molecule has 7 unspecified atom stereocenters. The molecule has 7 atom stereocenters. The van der Waals surface area contributed by atoms with Crippen LogP contribution in [0.25, 0.3) is 0 Å². The molecule has 3 saturated carbocycles. The minimum absolute atomic E-state index is 0.0310. The van der Waals surface area contributed by atoms with E-state index in [4.69, 9.17) is 4.74 Å². The molecule has 5 rings (SSSR count). The van der Waals surface area contributed by atoms with Gasteiger partial charge in [-0.05, 0) is 90.9 Å². The van der Waals surface area contributed by atoms with E-state index in [1.807, 2.05) is 6.08 Å². The number of ketones is 1. The lowest BCUT2D eigenvalue weighted by Gasteiger charge is -2.69. The maximum atomic E-state index is 14.4. The highest BCUT2D eigenvalue weighted by molar-refractivity contribution is 5.96. The average molecular weight is 508 g/mol. The summed E-state index contributed by atoms with van der Waals surface area (Å²) in [6.07, 6.45) is 8.50. The summed E-state index contributed by atoms with van der Waals surface area (Å²) in [4.78, 5) is 27.8. The van der Waals surface area contributed by atoms with E-state index in [9.17, 15) is 20.0 Å². The molecular formula is C32H45NO4. The highest BCUT2D eigenvalue weighted by Gasteiger charge is 2.71. The summed E-state index contributed by atoms with van der Waals surface area (Å²) in [7, 11) is 1.49. The van der Waals surface area contributed by atoms with Gasteiger partial charge in [-0.3, -0.25) is 9.59 Å². The zero-order valence-corrected chi connectivity index (χ0v) is 24.1. The van der Waals surface area contributed by atoms with Crippen molar-refractivity contribution in [3.8, 4) is 6.07 Å². The first-order valence-corrected chi connectivity index (χ1v) is 14.2. The number of ether oxygens (including phenoxy) is 1. The van der Waals surface area contributed by atoms with Gasteiger partial charge in [0.1, 0.15) is 5.76 Å². The number of carbonyl (C=O) groups excluding carboxylic acids is 2. The lowest BCUT2D eigenvalue weighted by Crippen LogP contribution is -2.65. The molecule has 0 spiro atoms. The van der Waals surface area contributed by atoms with E-state index < -0.39 is 10.8 Å². The number of fused-ring (bicyclic) bond motifs is 7. The van der Waals surface area contributed by atoms with Crippen molar-refractivity contribution in [2.45, 2.75) is 99.8 Å². The van der Waals surface area contributed by atoms with Gasteiger partial charge in [0, 0.05) is 11.3 Å². The maximum Gasteiger partial charge on any atom is 0.312 e. The fourth-order valence-electron chi connectivity index (χ4n) is 10.5. The molecule has 202 valence electrons. The number of aliphatic hydroxyl groups is 1. The van der Waals surface area contributed by atoms with Crippen LogP contribution in [0.2, 0.25) is 0 Å². The predicted octanol–water partition coefficient (Wildman–Crippen LogP) is 7.09. The Morgan fingerprint density at radius 1 is 1.05 bits per heavy atom. The molecule has 5 aliphatic carbocycles. The first kappa shape index (κ1) is 26.5. The van der Waals surface area contributed by atoms with Crippen molar-refractivity contribution in [3.05, 3.63) is 23.0 Å². The van der Waals surface area contributed by atoms with Crippen LogP contribution >= 0.6 is 0 Å². The molecule has 37 heavy (non-hydrogen) atoms. The fraction of sp³-hybridized carbons (Fsp3) is 0.781. The summed E-state index contributed by atoms with van der Waals surface area (Å²) in [6, 6.07) is 2.29. The van der Waals surface area contributed by atoms with Gasteiger partial charge in [-0.1, -0.05) is 54.0 Å². The summed E-state index contributed by atoms with van der Waals surface area (Å²) in [5.74, 6) is 0.143. The molecule has 0 saturated heterocycles. The minimum atomic E-state index is -0.581. The van der Waals surface area contributed by atoms with E-state index in [0.717, 1.165) is 44.9 Å². The Balaban J connectivity index is 1.68. The minimum Gasteiger partial charge on any atom is -0.511 e. The van der Waals surface area contributed by atoms with Crippen LogP contribution in [0.5, 0.6) is 0 Å². The van der Waals surface area contributed by atoms with Crippen molar-refractivity contribution in [1.82, 2.24) is 0 Å². The van der Waals surface area contributed by atoms with Crippen LogP contribution in [0.1, 0.15) is 99.8 Å². The summed E-state index contributed by atoms with van der Waals surface area (Å²) in [5, 5.41) is 20.9. The Hall–Kier alpha value is -2.09. The summed E-state index contributed by atoms with van der Waals surface area (Å²) >= 11 is 0. The lowest BCUT2D eigenvalue weighted by molar-refractivity contribution is -0.192. The molecule has 5 aliphatic rings. The Labute approximate surface area is 222 Å². The zero-order valence-electron chi connectivity index (χ0n) is 24.1. The first-order chi connectivity index (χ1) is 17.0. The summed E-state index contributed by atoms with van der Waals surface area (Å²) < 4.78 is 5.42. The third-order valence-corrected chi connectivity index (χ3v) is 12.7. The van der Waals surface area contributed by atoms with Crippen molar-refractivity contribution < 1.29 is 19.4 Å². The topological polar surface area (TPSA) is 87.4 Å². The van der Waals surface area contributed by atoms with Gasteiger partial charge < -0.3 is 9.84 Å². The van der Waals surface area contributed by atoms with Gasteiger partial charge in [-0.25, -0.2) is 0 Å². The van der Waals surface area contributed by atoms with E-state index in [0.29, 0.717) is 12.0 Å². The molecule has 0 amide bonds. The van der Waals surface area contributed by atoms with Crippen molar-refractivity contribution in [3.63, 3.8) is 0 Å². The second-order valence-corrected chi connectivity index (χ2v) is 15.2. The van der Waals surface area contributed by atoms with Gasteiger partial charge in [0.15, 0.2) is 5.78 Å². The van der Waals surface area contributed by atoms with Crippen LogP contribution in [0.15, 0.2) is 23.0 Å². The van der Waals surface area contributed by atoms with Crippen molar-refractivity contribution in [1.29, 1.82) is 5.26 Å². The van der Waals surface area contributed by atoms with Gasteiger partial charge in [-0.15, -0.1) is 0 Å². The molecule has 0 bridgehead atoms. The number of methoxy groups -OCH3 is 1. The third kappa shape index (κ3) is 3.14. The molecule has 0 heterocycles. The van der Waals surface area contributed by atoms with Crippen LogP contribution < -0.4 is 0 Å². The molecule has 0 aromatic rings. The summed E-state index contributed by atoms with van der Waals surface area (Å²) in [6.45, 7) is 15.6. The van der Waals surface area contributed by atoms with Crippen LogP contribution in [0.4, 0.5) is 0 Å². The molecule has 3 fully saturated rings. The fourth-order valence-corrected chi connectivity index (χ4v) is 10.5. The Bertz CT molecular complexity index is 1170. The number of carbonyl (C=O) groups is 2. The number of esters is 1. The number of hydrogen-bond donors (Lipinski definition) is 1. The largest absolute Gasteiger partial charge is 0.511 e.